The van der Waals surface area contributed by atoms with Crippen molar-refractivity contribution in [2.75, 3.05) is 11.9 Å². The number of hydrogen-bond donors (Lipinski definition) is 1. The number of esters is 1. The molecule has 2 heterocycles. The zero-order valence-corrected chi connectivity index (χ0v) is 14.2. The van der Waals surface area contributed by atoms with Crippen LogP contribution >= 0.6 is 11.3 Å². The van der Waals surface area contributed by atoms with Gasteiger partial charge in [0.25, 0.3) is 5.91 Å². The van der Waals surface area contributed by atoms with E-state index in [2.05, 4.69) is 10.4 Å². The number of fused-ring (bicyclic) bond motifs is 1. The van der Waals surface area contributed by atoms with Gasteiger partial charge in [0.15, 0.2) is 6.61 Å². The van der Waals surface area contributed by atoms with Gasteiger partial charge in [-0.05, 0) is 44.7 Å². The van der Waals surface area contributed by atoms with Gasteiger partial charge in [0.05, 0.1) is 17.1 Å². The number of nitrogens with one attached hydrogen (secondary N) is 1. The Morgan fingerprint density at radius 2 is 2.17 bits per heavy atom. The minimum absolute atomic E-state index is 0.296. The maximum Gasteiger partial charge on any atom is 0.348 e. The van der Waals surface area contributed by atoms with E-state index in [1.54, 1.807) is 4.68 Å². The quantitative estimate of drug-likeness (QED) is 0.872. The Bertz CT molecular complexity index is 754. The summed E-state index contributed by atoms with van der Waals surface area (Å²) in [6, 6.07) is 1.89. The lowest BCUT2D eigenvalue weighted by Gasteiger charge is -2.06. The van der Waals surface area contributed by atoms with E-state index in [1.165, 1.54) is 21.8 Å². The Morgan fingerprint density at radius 3 is 2.83 bits per heavy atom. The number of aromatic nitrogens is 2. The summed E-state index contributed by atoms with van der Waals surface area (Å²) < 4.78 is 6.82. The molecule has 1 aliphatic rings. The molecule has 2 aromatic rings. The first-order valence-electron chi connectivity index (χ1n) is 7.54. The molecule has 7 heteroatoms. The van der Waals surface area contributed by atoms with E-state index in [0.717, 1.165) is 30.7 Å². The van der Waals surface area contributed by atoms with Gasteiger partial charge in [0.1, 0.15) is 4.88 Å². The molecule has 0 aromatic carbocycles. The minimum atomic E-state index is -0.431. The lowest BCUT2D eigenvalue weighted by Crippen LogP contribution is -2.21. The van der Waals surface area contributed by atoms with Gasteiger partial charge in [-0.3, -0.25) is 9.48 Å². The summed E-state index contributed by atoms with van der Waals surface area (Å²) in [5, 5.41) is 6.98. The van der Waals surface area contributed by atoms with Crippen molar-refractivity contribution in [1.82, 2.24) is 9.78 Å². The molecule has 3 rings (SSSR count). The van der Waals surface area contributed by atoms with Crippen LogP contribution in [0.15, 0.2) is 6.07 Å². The second-order valence-electron chi connectivity index (χ2n) is 5.71. The summed E-state index contributed by atoms with van der Waals surface area (Å²) in [5.74, 6) is -0.791. The van der Waals surface area contributed by atoms with Crippen LogP contribution in [0, 0.1) is 13.8 Å². The van der Waals surface area contributed by atoms with Gasteiger partial charge in [-0.1, -0.05) is 0 Å². The number of hydrogen-bond acceptors (Lipinski definition) is 5. The smallest absolute Gasteiger partial charge is 0.348 e. The molecule has 0 spiro atoms. The molecule has 1 N–H and O–H groups in total. The van der Waals surface area contributed by atoms with E-state index >= 15 is 0 Å². The van der Waals surface area contributed by atoms with Gasteiger partial charge in [-0.15, -0.1) is 11.3 Å². The number of ether oxygens (including phenoxy) is 1. The normalized spacial score (nSPS) is 13.0. The first kappa shape index (κ1) is 15.7. The topological polar surface area (TPSA) is 73.2 Å². The summed E-state index contributed by atoms with van der Waals surface area (Å²) in [5.41, 5.74) is 3.51. The van der Waals surface area contributed by atoms with E-state index in [0.29, 0.717) is 10.6 Å². The van der Waals surface area contributed by atoms with Crippen molar-refractivity contribution in [3.63, 3.8) is 0 Å². The van der Waals surface area contributed by atoms with Crippen LogP contribution in [0.25, 0.3) is 0 Å². The number of rotatable bonds is 4. The number of nitrogens with zero attached hydrogens (tertiary/aromatic N) is 2. The van der Waals surface area contributed by atoms with Crippen LogP contribution in [0.3, 0.4) is 0 Å². The molecule has 0 radical (unpaired) electrons. The third-order valence-electron chi connectivity index (χ3n) is 4.06. The average molecular weight is 333 g/mol. The molecule has 0 fully saturated rings. The number of carbonyl (C=O) groups excluding carboxylic acids is 2. The van der Waals surface area contributed by atoms with E-state index in [9.17, 15) is 9.59 Å². The number of thiophene rings is 1. The van der Waals surface area contributed by atoms with Crippen molar-refractivity contribution >= 4 is 28.9 Å². The van der Waals surface area contributed by atoms with Gasteiger partial charge in [-0.2, -0.15) is 5.10 Å². The van der Waals surface area contributed by atoms with Crippen molar-refractivity contribution < 1.29 is 14.3 Å². The number of amides is 1. The van der Waals surface area contributed by atoms with Crippen molar-refractivity contribution in [2.24, 2.45) is 7.05 Å². The number of aryl methyl sites for hydroxylation is 4. The fourth-order valence-electron chi connectivity index (χ4n) is 2.76. The largest absolute Gasteiger partial charge is 0.451 e. The fraction of sp³-hybridized carbons (Fsp3) is 0.438. The van der Waals surface area contributed by atoms with E-state index in [4.69, 9.17) is 4.74 Å². The molecule has 2 aromatic heterocycles. The van der Waals surface area contributed by atoms with Crippen molar-refractivity contribution in [3.05, 3.63) is 32.8 Å². The Balaban J connectivity index is 1.57. The molecule has 0 unspecified atom stereocenters. The first-order valence-corrected chi connectivity index (χ1v) is 8.36. The maximum absolute atomic E-state index is 12.0. The Kier molecular flexibility index (Phi) is 4.21. The highest BCUT2D eigenvalue weighted by Crippen LogP contribution is 2.30. The van der Waals surface area contributed by atoms with Crippen LogP contribution in [0.1, 0.15) is 37.9 Å². The Morgan fingerprint density at radius 1 is 1.39 bits per heavy atom. The van der Waals surface area contributed by atoms with Crippen LogP contribution in [0.2, 0.25) is 0 Å². The predicted octanol–water partition coefficient (Wildman–Crippen LogP) is 2.38. The zero-order chi connectivity index (χ0) is 16.6. The molecular weight excluding hydrogens is 314 g/mol. The molecule has 1 aliphatic carbocycles. The first-order chi connectivity index (χ1) is 11.0. The molecule has 0 aliphatic heterocycles. The lowest BCUT2D eigenvalue weighted by molar-refractivity contribution is -0.119. The summed E-state index contributed by atoms with van der Waals surface area (Å²) in [7, 11) is 1.81. The van der Waals surface area contributed by atoms with Crippen LogP contribution in [-0.4, -0.2) is 28.3 Å². The Labute approximate surface area is 138 Å². The maximum atomic E-state index is 12.0. The monoisotopic (exact) mass is 333 g/mol. The third-order valence-corrected chi connectivity index (χ3v) is 5.27. The summed E-state index contributed by atoms with van der Waals surface area (Å²) in [6.45, 7) is 3.39. The molecule has 0 bridgehead atoms. The second-order valence-corrected chi connectivity index (χ2v) is 6.84. The second kappa shape index (κ2) is 6.16. The highest BCUT2D eigenvalue weighted by molar-refractivity contribution is 7.14. The minimum Gasteiger partial charge on any atom is -0.451 e. The predicted molar refractivity (Wildman–Crippen MR) is 87.9 cm³/mol. The van der Waals surface area contributed by atoms with Gasteiger partial charge < -0.3 is 10.1 Å². The van der Waals surface area contributed by atoms with Crippen LogP contribution in [0.5, 0.6) is 0 Å². The third kappa shape index (κ3) is 3.14. The molecular formula is C16H19N3O3S. The molecule has 122 valence electrons. The zero-order valence-electron chi connectivity index (χ0n) is 13.4. The van der Waals surface area contributed by atoms with Crippen LogP contribution in [-0.2, 0) is 29.4 Å². The standard InChI is InChI=1S/C16H19N3O3S/c1-9-15(10(2)19(3)18-9)17-14(20)8-22-16(21)13-7-11-5-4-6-12(11)23-13/h7H,4-6,8H2,1-3H3,(H,17,20). The number of anilines is 1. The average Bonchev–Trinajstić information content (AvgIpc) is 3.15. The SMILES string of the molecule is Cc1nn(C)c(C)c1NC(=O)COC(=O)c1cc2c(s1)CCC2. The van der Waals surface area contributed by atoms with E-state index in [-0.39, 0.29) is 12.5 Å². The van der Waals surface area contributed by atoms with Crippen LogP contribution < -0.4 is 5.32 Å². The van der Waals surface area contributed by atoms with Gasteiger partial charge >= 0.3 is 5.97 Å². The molecule has 6 nitrogen and oxygen atoms in total. The molecule has 0 saturated carbocycles. The van der Waals surface area contributed by atoms with E-state index in [1.807, 2.05) is 27.0 Å². The molecule has 0 saturated heterocycles. The van der Waals surface area contributed by atoms with Crippen molar-refractivity contribution in [3.8, 4) is 0 Å². The summed E-state index contributed by atoms with van der Waals surface area (Å²) >= 11 is 1.47. The molecule has 0 atom stereocenters. The van der Waals surface area contributed by atoms with Crippen molar-refractivity contribution in [2.45, 2.75) is 33.1 Å². The number of carbonyl (C=O) groups is 2. The van der Waals surface area contributed by atoms with E-state index < -0.39 is 5.97 Å². The highest BCUT2D eigenvalue weighted by Gasteiger charge is 2.20. The highest BCUT2D eigenvalue weighted by atomic mass is 32.1. The van der Waals surface area contributed by atoms with Crippen molar-refractivity contribution in [1.29, 1.82) is 0 Å². The molecule has 23 heavy (non-hydrogen) atoms. The van der Waals surface area contributed by atoms with Gasteiger partial charge in [0.2, 0.25) is 0 Å². The van der Waals surface area contributed by atoms with Gasteiger partial charge in [0, 0.05) is 11.9 Å². The summed E-state index contributed by atoms with van der Waals surface area (Å²) in [6.07, 6.45) is 3.22. The van der Waals surface area contributed by atoms with Gasteiger partial charge in [-0.25, -0.2) is 4.79 Å². The Hall–Kier alpha value is -2.15. The summed E-state index contributed by atoms with van der Waals surface area (Å²) in [4.78, 5) is 25.9. The molecule has 1 amide bonds. The lowest BCUT2D eigenvalue weighted by atomic mass is 10.2. The van der Waals surface area contributed by atoms with Crippen LogP contribution in [0.4, 0.5) is 5.69 Å². The fourth-order valence-corrected chi connectivity index (χ4v) is 3.91.